The quantitative estimate of drug-likeness (QED) is 0.577. The van der Waals surface area contributed by atoms with Gasteiger partial charge in [0, 0.05) is 36.7 Å². The van der Waals surface area contributed by atoms with Crippen LogP contribution in [0.4, 0.5) is 0 Å². The van der Waals surface area contributed by atoms with E-state index in [0.29, 0.717) is 0 Å². The number of hydrogen-bond donors (Lipinski definition) is 1. The summed E-state index contributed by atoms with van der Waals surface area (Å²) in [7, 11) is 0. The van der Waals surface area contributed by atoms with E-state index in [1.807, 2.05) is 26.2 Å². The Balaban J connectivity index is 0. The molecule has 0 unspecified atom stereocenters. The third-order valence-electron chi connectivity index (χ3n) is 2.21. The molecule has 2 aromatic rings. The van der Waals surface area contributed by atoms with Crippen LogP contribution >= 0.6 is 50.7 Å². The van der Waals surface area contributed by atoms with E-state index in [0.717, 1.165) is 23.5 Å². The van der Waals surface area contributed by atoms with E-state index in [1.165, 1.54) is 12.8 Å². The van der Waals surface area contributed by atoms with Gasteiger partial charge < -0.3 is 9.55 Å². The Labute approximate surface area is 163 Å². The van der Waals surface area contributed by atoms with Gasteiger partial charge in [0.2, 0.25) is 0 Å². The van der Waals surface area contributed by atoms with Crippen LogP contribution in [0.25, 0.3) is 0 Å². The van der Waals surface area contributed by atoms with Crippen LogP contribution in [0, 0.1) is 13.8 Å². The Morgan fingerprint density at radius 3 is 1.91 bits per heavy atom. The monoisotopic (exact) mass is 446 g/mol. The summed E-state index contributed by atoms with van der Waals surface area (Å²) in [6.45, 7) is 9.33. The Morgan fingerprint density at radius 1 is 1.13 bits per heavy atom. The molecule has 0 aliphatic heterocycles. The lowest BCUT2D eigenvalue weighted by Crippen LogP contribution is -1.96. The van der Waals surface area contributed by atoms with Gasteiger partial charge in [-0.25, -0.2) is 9.97 Å². The molecule has 4 nitrogen and oxygen atoms in total. The zero-order valence-electron chi connectivity index (χ0n) is 14.1. The first-order chi connectivity index (χ1) is 10.9. The van der Waals surface area contributed by atoms with Gasteiger partial charge >= 0.3 is 0 Å². The van der Waals surface area contributed by atoms with Crippen LogP contribution in [-0.2, 0) is 6.54 Å². The van der Waals surface area contributed by atoms with Gasteiger partial charge in [0.25, 0.3) is 0 Å². The van der Waals surface area contributed by atoms with Gasteiger partial charge in [-0.2, -0.15) is 0 Å². The predicted octanol–water partition coefficient (Wildman–Crippen LogP) is 6.10. The summed E-state index contributed by atoms with van der Waals surface area (Å²) < 4.78 is 1.40. The lowest BCUT2D eigenvalue weighted by atomic mass is 10.5. The summed E-state index contributed by atoms with van der Waals surface area (Å²) in [5, 5.41) is 1.13. The Morgan fingerprint density at radius 2 is 1.70 bits per heavy atom. The highest BCUT2D eigenvalue weighted by Gasteiger charge is 1.91. The second-order valence-corrected chi connectivity index (χ2v) is 7.05. The van der Waals surface area contributed by atoms with Gasteiger partial charge in [-0.15, -0.1) is 0 Å². The van der Waals surface area contributed by atoms with Gasteiger partial charge in [-0.1, -0.05) is 64.6 Å². The molecule has 8 heteroatoms. The van der Waals surface area contributed by atoms with Crippen LogP contribution in [0.1, 0.15) is 38.3 Å². The second-order valence-electron chi connectivity index (χ2n) is 4.28. The van der Waals surface area contributed by atoms with Crippen LogP contribution in [-0.4, -0.2) is 29.1 Å². The molecule has 2 rings (SSSR count). The second kappa shape index (κ2) is 18.1. The summed E-state index contributed by atoms with van der Waals surface area (Å²) in [5.41, 5.74) is 0. The number of nitrogens with zero attached hydrogens (tertiary/aromatic N) is 3. The first-order valence-corrected chi connectivity index (χ1v) is 9.73. The average molecular weight is 449 g/mol. The molecule has 0 bridgehead atoms. The van der Waals surface area contributed by atoms with Gasteiger partial charge in [0.05, 0.1) is 0 Å². The zero-order valence-corrected chi connectivity index (χ0v) is 17.9. The summed E-state index contributed by atoms with van der Waals surface area (Å²) in [5.74, 6) is 2.08. The predicted molar refractivity (Wildman–Crippen MR) is 106 cm³/mol. The van der Waals surface area contributed by atoms with Gasteiger partial charge in [-0.3, -0.25) is 0 Å². The Kier molecular flexibility index (Phi) is 19.7. The maximum absolute atomic E-state index is 4.81. The highest BCUT2D eigenvalue weighted by atomic mass is 79.9. The van der Waals surface area contributed by atoms with Crippen LogP contribution in [0.5, 0.6) is 0 Å². The number of rotatable bonds is 3. The third kappa shape index (κ3) is 19.7. The van der Waals surface area contributed by atoms with Crippen LogP contribution in [0.2, 0.25) is 0 Å². The molecule has 2 heterocycles. The fourth-order valence-corrected chi connectivity index (χ4v) is 1.23. The van der Waals surface area contributed by atoms with Crippen molar-refractivity contribution in [1.82, 2.24) is 19.5 Å². The maximum atomic E-state index is 4.81. The molecule has 134 valence electrons. The van der Waals surface area contributed by atoms with E-state index < -0.39 is 4.30 Å². The number of aromatic amines is 1. The number of aromatic nitrogens is 4. The normalized spacial score (nSPS) is 9.09. The summed E-state index contributed by atoms with van der Waals surface area (Å²) >= 11 is 17.7. The fraction of sp³-hybridized carbons (Fsp3) is 0.600. The molecule has 2 aromatic heterocycles. The molecule has 23 heavy (non-hydrogen) atoms. The summed E-state index contributed by atoms with van der Waals surface area (Å²) in [6.07, 6.45) is 9.80. The SMILES string of the molecule is CCCBr.CCCn1ccnc1C.Cc1ncc[nH]1.ClC(Cl)Cl. The van der Waals surface area contributed by atoms with Crippen LogP contribution in [0.3, 0.4) is 0 Å². The number of alkyl halides is 4. The number of imidazole rings is 2. The van der Waals surface area contributed by atoms with E-state index >= 15 is 0 Å². The number of H-pyrrole nitrogens is 1. The lowest BCUT2D eigenvalue weighted by molar-refractivity contribution is 0.658. The largest absolute Gasteiger partial charge is 0.349 e. The maximum Gasteiger partial charge on any atom is 0.180 e. The van der Waals surface area contributed by atoms with E-state index in [1.54, 1.807) is 12.4 Å². The minimum atomic E-state index is -0.750. The van der Waals surface area contributed by atoms with Gasteiger partial charge in [0.1, 0.15) is 11.6 Å². The minimum absolute atomic E-state index is 0.750. The van der Waals surface area contributed by atoms with Crippen molar-refractivity contribution in [2.45, 2.75) is 51.4 Å². The fourth-order valence-electron chi connectivity index (χ4n) is 1.23. The third-order valence-corrected chi connectivity index (χ3v) is 3.01. The molecule has 0 aromatic carbocycles. The lowest BCUT2D eigenvalue weighted by Gasteiger charge is -1.99. The standard InChI is InChI=1S/C7H12N2.C4H6N2.C3H7Br.CHCl3/c1-3-5-9-6-4-8-7(9)2;1-4-5-2-3-6-4;1-2-3-4;2-1(3)4/h4,6H,3,5H2,1-2H3;2-3H,1H3,(H,5,6);2-3H2,1H3;1H. The Hall–Kier alpha value is -0.230. The molecule has 0 amide bonds. The van der Waals surface area contributed by atoms with Crippen LogP contribution < -0.4 is 0 Å². The molecular formula is C15H26BrCl3N4. The molecule has 0 saturated heterocycles. The molecule has 1 N–H and O–H groups in total. The smallest absolute Gasteiger partial charge is 0.180 e. The number of hydrogen-bond acceptors (Lipinski definition) is 2. The first-order valence-electron chi connectivity index (χ1n) is 7.30. The van der Waals surface area contributed by atoms with E-state index in [-0.39, 0.29) is 0 Å². The molecule has 0 atom stereocenters. The topological polar surface area (TPSA) is 46.5 Å². The van der Waals surface area contributed by atoms with E-state index in [2.05, 4.69) is 49.3 Å². The molecule has 0 aliphatic rings. The van der Waals surface area contributed by atoms with Crippen molar-refractivity contribution in [3.63, 3.8) is 0 Å². The summed E-state index contributed by atoms with van der Waals surface area (Å²) in [6, 6.07) is 0. The average Bonchev–Trinajstić information content (AvgIpc) is 3.12. The molecule has 0 saturated carbocycles. The molecule has 0 radical (unpaired) electrons. The van der Waals surface area contributed by atoms with Crippen molar-refractivity contribution in [3.05, 3.63) is 36.4 Å². The number of halogens is 4. The van der Waals surface area contributed by atoms with Gasteiger partial charge in [0.15, 0.2) is 4.30 Å². The molecular weight excluding hydrogens is 422 g/mol. The molecule has 0 fully saturated rings. The Bertz CT molecular complexity index is 443. The summed E-state index contributed by atoms with van der Waals surface area (Å²) in [4.78, 5) is 10.8. The van der Waals surface area contributed by atoms with Gasteiger partial charge in [-0.05, 0) is 26.7 Å². The first kappa shape index (κ1) is 25.0. The van der Waals surface area contributed by atoms with Crippen molar-refractivity contribution >= 4 is 50.7 Å². The highest BCUT2D eigenvalue weighted by molar-refractivity contribution is 9.09. The van der Waals surface area contributed by atoms with E-state index in [9.17, 15) is 0 Å². The highest BCUT2D eigenvalue weighted by Crippen LogP contribution is 2.03. The van der Waals surface area contributed by atoms with Crippen molar-refractivity contribution in [1.29, 1.82) is 0 Å². The molecule has 0 spiro atoms. The van der Waals surface area contributed by atoms with Crippen molar-refractivity contribution < 1.29 is 0 Å². The minimum Gasteiger partial charge on any atom is -0.349 e. The zero-order chi connectivity index (χ0) is 18.1. The van der Waals surface area contributed by atoms with Crippen molar-refractivity contribution in [3.8, 4) is 0 Å². The molecule has 0 aliphatic carbocycles. The van der Waals surface area contributed by atoms with Crippen molar-refractivity contribution in [2.75, 3.05) is 5.33 Å². The van der Waals surface area contributed by atoms with E-state index in [4.69, 9.17) is 34.8 Å². The number of aryl methyl sites for hydroxylation is 3. The number of nitrogens with one attached hydrogen (secondary N) is 1. The van der Waals surface area contributed by atoms with Crippen LogP contribution in [0.15, 0.2) is 24.8 Å². The van der Waals surface area contributed by atoms with Crippen molar-refractivity contribution in [2.24, 2.45) is 0 Å².